The van der Waals surface area contributed by atoms with Crippen LogP contribution in [0.15, 0.2) is 11.8 Å². The molecule has 0 bridgehead atoms. The zero-order valence-corrected chi connectivity index (χ0v) is 6.20. The van der Waals surface area contributed by atoms with Crippen molar-refractivity contribution in [2.24, 2.45) is 0 Å². The molecule has 0 aromatic carbocycles. The van der Waals surface area contributed by atoms with Crippen molar-refractivity contribution in [3.8, 4) is 0 Å². The van der Waals surface area contributed by atoms with E-state index in [1.807, 2.05) is 0 Å². The summed E-state index contributed by atoms with van der Waals surface area (Å²) >= 11 is 6.75. The average Bonchev–Trinajstić information content (AvgIpc) is 2.29. The first-order valence-electron chi connectivity index (χ1n) is 3.44. The molecule has 0 amide bonds. The zero-order chi connectivity index (χ0) is 8.72. The maximum absolute atomic E-state index is 7.21. The minimum Gasteiger partial charge on any atom is -0.240 e. The molecule has 0 unspecified atom stereocenters. The fourth-order valence-corrected chi connectivity index (χ4v) is 1.36. The summed E-state index contributed by atoms with van der Waals surface area (Å²) in [7, 11) is 0. The van der Waals surface area contributed by atoms with Crippen LogP contribution in [-0.4, -0.2) is 15.0 Å². The van der Waals surface area contributed by atoms with Crippen molar-refractivity contribution in [3.05, 3.63) is 16.9 Å². The summed E-state index contributed by atoms with van der Waals surface area (Å²) in [6.45, 7) is 0. The number of nitrogens with zero attached hydrogens (tertiary/aromatic N) is 3. The van der Waals surface area contributed by atoms with E-state index in [-0.39, 0.29) is 16.9 Å². The van der Waals surface area contributed by atoms with Crippen LogP contribution >= 0.6 is 22.9 Å². The Hall–Kier alpha value is -0.740. The fraction of sp³-hybridized carbons (Fsp3) is 0. The molecule has 0 radical (unpaired) electrons. The molecule has 0 aliphatic heterocycles. The van der Waals surface area contributed by atoms with E-state index < -0.39 is 0 Å². The summed E-state index contributed by atoms with van der Waals surface area (Å²) in [5.74, 6) is 0. The lowest BCUT2D eigenvalue weighted by molar-refractivity contribution is 1.22. The van der Waals surface area contributed by atoms with Gasteiger partial charge in [0.25, 0.3) is 0 Å². The Morgan fingerprint density at radius 3 is 3.30 bits per heavy atom. The van der Waals surface area contributed by atoms with Crippen LogP contribution < -0.4 is 0 Å². The number of aromatic nitrogens is 3. The van der Waals surface area contributed by atoms with Crippen molar-refractivity contribution in [2.45, 2.75) is 0 Å². The highest BCUT2D eigenvalue weighted by atomic mass is 35.5. The number of fused-ring (bicyclic) bond motifs is 1. The normalized spacial score (nSPS) is 13.3. The molecule has 2 heterocycles. The van der Waals surface area contributed by atoms with E-state index in [4.69, 9.17) is 14.3 Å². The van der Waals surface area contributed by atoms with Crippen LogP contribution in [0.5, 0.6) is 0 Å². The molecular formula is C5H2ClN3S. The number of thiazole rings is 1. The van der Waals surface area contributed by atoms with Crippen LogP contribution in [0, 0.1) is 0 Å². The molecule has 0 spiro atoms. The van der Waals surface area contributed by atoms with E-state index in [0.29, 0.717) is 10.3 Å². The Bertz CT molecular complexity index is 443. The van der Waals surface area contributed by atoms with E-state index in [1.54, 1.807) is 0 Å². The van der Waals surface area contributed by atoms with Gasteiger partial charge in [-0.3, -0.25) is 0 Å². The van der Waals surface area contributed by atoms with Crippen molar-refractivity contribution >= 4 is 33.3 Å². The van der Waals surface area contributed by atoms with Crippen molar-refractivity contribution in [3.63, 3.8) is 0 Å². The molecule has 3 nitrogen and oxygen atoms in total. The number of hydrogen-bond donors (Lipinski definition) is 0. The van der Waals surface area contributed by atoms with Gasteiger partial charge in [0.15, 0.2) is 5.15 Å². The average molecular weight is 174 g/mol. The summed E-state index contributed by atoms with van der Waals surface area (Å²) in [6, 6.07) is 0. The van der Waals surface area contributed by atoms with Crippen LogP contribution in [-0.2, 0) is 0 Å². The summed E-state index contributed by atoms with van der Waals surface area (Å²) in [5.41, 5.74) is 0.537. The third-order valence-corrected chi connectivity index (χ3v) is 1.92. The maximum Gasteiger partial charge on any atom is 0.159 e. The molecule has 50 valence electrons. The highest BCUT2D eigenvalue weighted by Gasteiger charge is 2.01. The van der Waals surface area contributed by atoms with Gasteiger partial charge in [0.1, 0.15) is 18.0 Å². The van der Waals surface area contributed by atoms with E-state index >= 15 is 0 Å². The predicted molar refractivity (Wildman–Crippen MR) is 40.2 cm³/mol. The van der Waals surface area contributed by atoms with Gasteiger partial charge in [0.2, 0.25) is 0 Å². The predicted octanol–water partition coefficient (Wildman–Crippen LogP) is 1.74. The Morgan fingerprint density at radius 2 is 2.40 bits per heavy atom. The standard InChI is InChI=1S/C5H2ClN3S/c6-4-3-5(8-1-7-4)10-2-9-3/h1-2H/i1D,2D. The lowest BCUT2D eigenvalue weighted by Gasteiger charge is -1.86. The molecule has 0 atom stereocenters. The Morgan fingerprint density at radius 1 is 1.50 bits per heavy atom. The van der Waals surface area contributed by atoms with Gasteiger partial charge >= 0.3 is 0 Å². The molecule has 2 rings (SSSR count). The second-order valence-electron chi connectivity index (χ2n) is 1.57. The van der Waals surface area contributed by atoms with Gasteiger partial charge in [0, 0.05) is 0 Å². The second-order valence-corrected chi connectivity index (χ2v) is 2.70. The van der Waals surface area contributed by atoms with Crippen LogP contribution in [0.1, 0.15) is 2.74 Å². The molecule has 0 fully saturated rings. The van der Waals surface area contributed by atoms with Crippen molar-refractivity contribution in [1.82, 2.24) is 15.0 Å². The number of rotatable bonds is 0. The summed E-state index contributed by atoms with van der Waals surface area (Å²) in [5, 5.41) is 0.139. The fourth-order valence-electron chi connectivity index (χ4n) is 0.585. The molecule has 0 saturated carbocycles. The van der Waals surface area contributed by atoms with Gasteiger partial charge in [-0.2, -0.15) is 0 Å². The topological polar surface area (TPSA) is 38.7 Å². The van der Waals surface area contributed by atoms with Crippen LogP contribution in [0.4, 0.5) is 0 Å². The van der Waals surface area contributed by atoms with E-state index in [2.05, 4.69) is 15.0 Å². The third kappa shape index (κ3) is 0.767. The Kier molecular flexibility index (Phi) is 0.900. The summed E-state index contributed by atoms with van der Waals surface area (Å²) in [6.07, 6.45) is -0.142. The first-order chi connectivity index (χ1) is 5.66. The third-order valence-electron chi connectivity index (χ3n) is 0.997. The molecule has 2 aromatic rings. The molecule has 0 aliphatic carbocycles. The van der Waals surface area contributed by atoms with Crippen molar-refractivity contribution < 1.29 is 2.74 Å². The SMILES string of the molecule is [2H]c1nc(Cl)c2nc([2H])sc2n1. The van der Waals surface area contributed by atoms with E-state index in [0.717, 1.165) is 11.3 Å². The lowest BCUT2D eigenvalue weighted by atomic mass is 10.6. The lowest BCUT2D eigenvalue weighted by Crippen LogP contribution is -1.78. The molecule has 0 N–H and O–H groups in total. The zero-order valence-electron chi connectivity index (χ0n) is 6.63. The van der Waals surface area contributed by atoms with Crippen LogP contribution in [0.25, 0.3) is 10.3 Å². The molecule has 5 heteroatoms. The van der Waals surface area contributed by atoms with Gasteiger partial charge in [0.05, 0.1) is 6.86 Å². The summed E-state index contributed by atoms with van der Waals surface area (Å²) < 4.78 is 14.3. The largest absolute Gasteiger partial charge is 0.240 e. The number of hydrogen-bond acceptors (Lipinski definition) is 4. The second kappa shape index (κ2) is 2.14. The first kappa shape index (κ1) is 4.20. The van der Waals surface area contributed by atoms with Gasteiger partial charge in [-0.15, -0.1) is 11.3 Å². The molecule has 0 saturated heterocycles. The van der Waals surface area contributed by atoms with Gasteiger partial charge in [-0.25, -0.2) is 15.0 Å². The van der Waals surface area contributed by atoms with Crippen molar-refractivity contribution in [1.29, 1.82) is 0 Å². The molecule has 2 aromatic heterocycles. The van der Waals surface area contributed by atoms with Gasteiger partial charge in [-0.05, 0) is 0 Å². The van der Waals surface area contributed by atoms with E-state index in [9.17, 15) is 0 Å². The molecule has 0 aliphatic rings. The smallest absolute Gasteiger partial charge is 0.159 e. The minimum absolute atomic E-state index is 0.131. The Labute approximate surface area is 68.5 Å². The maximum atomic E-state index is 7.21. The minimum atomic E-state index is -0.142. The van der Waals surface area contributed by atoms with Crippen LogP contribution in [0.3, 0.4) is 0 Å². The van der Waals surface area contributed by atoms with Crippen molar-refractivity contribution in [2.75, 3.05) is 0 Å². The highest BCUT2D eigenvalue weighted by Crippen LogP contribution is 2.19. The van der Waals surface area contributed by atoms with Gasteiger partial charge in [-0.1, -0.05) is 11.6 Å². The molecule has 10 heavy (non-hydrogen) atoms. The number of halogens is 1. The quantitative estimate of drug-likeness (QED) is 0.570. The molecular weight excluding hydrogens is 170 g/mol. The van der Waals surface area contributed by atoms with Crippen LogP contribution in [0.2, 0.25) is 5.15 Å². The van der Waals surface area contributed by atoms with E-state index in [1.165, 1.54) is 0 Å². The van der Waals surface area contributed by atoms with Gasteiger partial charge < -0.3 is 0 Å². The summed E-state index contributed by atoms with van der Waals surface area (Å²) in [4.78, 5) is 11.7. The monoisotopic (exact) mass is 173 g/mol. The highest BCUT2D eigenvalue weighted by molar-refractivity contribution is 7.16. The first-order valence-corrected chi connectivity index (χ1v) is 3.63. The Balaban J connectivity index is 2.88.